The second-order valence-corrected chi connectivity index (χ2v) is 5.06. The van der Waals surface area contributed by atoms with Crippen molar-refractivity contribution in [2.75, 3.05) is 33.2 Å². The molecular formula is C11H24N2O. The Bertz CT molecular complexity index is 165. The summed E-state index contributed by atoms with van der Waals surface area (Å²) in [6.07, 6.45) is 1.77. The maximum Gasteiger partial charge on any atom is 0.0798 e. The van der Waals surface area contributed by atoms with E-state index in [1.807, 2.05) is 0 Å². The highest BCUT2D eigenvalue weighted by molar-refractivity contribution is 4.86. The van der Waals surface area contributed by atoms with Gasteiger partial charge in [-0.15, -0.1) is 0 Å². The van der Waals surface area contributed by atoms with E-state index in [1.54, 1.807) is 0 Å². The van der Waals surface area contributed by atoms with Crippen LogP contribution >= 0.6 is 0 Å². The molecule has 0 aromatic carbocycles. The smallest absolute Gasteiger partial charge is 0.0798 e. The number of rotatable bonds is 4. The highest BCUT2D eigenvalue weighted by Crippen LogP contribution is 2.19. The third-order valence-corrected chi connectivity index (χ3v) is 2.78. The Balaban J connectivity index is 2.33. The standard InChI is InChI=1S/C11H24N2O/c1-10(2)8-13(3)9-11(14)4-6-12-7-5-11/h10,12,14H,4-9H2,1-3H3. The molecule has 0 amide bonds. The molecule has 1 saturated heterocycles. The van der Waals surface area contributed by atoms with Crippen LogP contribution < -0.4 is 5.32 Å². The summed E-state index contributed by atoms with van der Waals surface area (Å²) in [6, 6.07) is 0. The molecule has 0 saturated carbocycles. The Labute approximate surface area is 87.5 Å². The lowest BCUT2D eigenvalue weighted by Crippen LogP contribution is -2.49. The highest BCUT2D eigenvalue weighted by atomic mass is 16.3. The first-order chi connectivity index (χ1) is 6.52. The summed E-state index contributed by atoms with van der Waals surface area (Å²) in [6.45, 7) is 8.20. The quantitative estimate of drug-likeness (QED) is 0.701. The summed E-state index contributed by atoms with van der Waals surface area (Å²) < 4.78 is 0. The van der Waals surface area contributed by atoms with Gasteiger partial charge in [0.2, 0.25) is 0 Å². The zero-order chi connectivity index (χ0) is 10.6. The van der Waals surface area contributed by atoms with Crippen molar-refractivity contribution in [2.45, 2.75) is 32.3 Å². The molecule has 1 rings (SSSR count). The Kier molecular flexibility index (Phi) is 4.35. The van der Waals surface area contributed by atoms with Gasteiger partial charge < -0.3 is 15.3 Å². The van der Waals surface area contributed by atoms with E-state index < -0.39 is 5.60 Å². The van der Waals surface area contributed by atoms with Crippen LogP contribution in [0, 0.1) is 5.92 Å². The van der Waals surface area contributed by atoms with E-state index in [0.29, 0.717) is 5.92 Å². The number of aliphatic hydroxyl groups is 1. The Morgan fingerprint density at radius 3 is 2.43 bits per heavy atom. The van der Waals surface area contributed by atoms with Crippen molar-refractivity contribution < 1.29 is 5.11 Å². The summed E-state index contributed by atoms with van der Waals surface area (Å²) in [7, 11) is 2.10. The van der Waals surface area contributed by atoms with Crippen molar-refractivity contribution in [2.24, 2.45) is 5.92 Å². The summed E-state index contributed by atoms with van der Waals surface area (Å²) in [4.78, 5) is 2.25. The van der Waals surface area contributed by atoms with E-state index in [2.05, 4.69) is 31.1 Å². The molecule has 0 spiro atoms. The third-order valence-electron chi connectivity index (χ3n) is 2.78. The van der Waals surface area contributed by atoms with E-state index >= 15 is 0 Å². The molecule has 2 N–H and O–H groups in total. The van der Waals surface area contributed by atoms with Crippen LogP contribution in [-0.4, -0.2) is 48.8 Å². The molecule has 0 unspecified atom stereocenters. The number of hydrogen-bond acceptors (Lipinski definition) is 3. The molecular weight excluding hydrogens is 176 g/mol. The van der Waals surface area contributed by atoms with Gasteiger partial charge in [-0.1, -0.05) is 13.8 Å². The van der Waals surface area contributed by atoms with Gasteiger partial charge in [-0.05, 0) is 38.9 Å². The molecule has 0 bridgehead atoms. The average molecular weight is 200 g/mol. The third kappa shape index (κ3) is 3.95. The molecule has 14 heavy (non-hydrogen) atoms. The maximum atomic E-state index is 10.3. The molecule has 1 heterocycles. The first-order valence-electron chi connectivity index (χ1n) is 5.63. The van der Waals surface area contributed by atoms with Gasteiger partial charge in [-0.25, -0.2) is 0 Å². The number of hydrogen-bond donors (Lipinski definition) is 2. The van der Waals surface area contributed by atoms with Gasteiger partial charge in [-0.2, -0.15) is 0 Å². The molecule has 0 aromatic heterocycles. The number of piperidine rings is 1. The van der Waals surface area contributed by atoms with Crippen LogP contribution in [0.5, 0.6) is 0 Å². The van der Waals surface area contributed by atoms with Gasteiger partial charge >= 0.3 is 0 Å². The normalized spacial score (nSPS) is 21.9. The predicted molar refractivity (Wildman–Crippen MR) is 59.4 cm³/mol. The largest absolute Gasteiger partial charge is 0.388 e. The fourth-order valence-corrected chi connectivity index (χ4v) is 2.24. The summed E-state index contributed by atoms with van der Waals surface area (Å²) in [5.74, 6) is 0.672. The van der Waals surface area contributed by atoms with Gasteiger partial charge in [0, 0.05) is 13.1 Å². The van der Waals surface area contributed by atoms with E-state index in [0.717, 1.165) is 39.0 Å². The van der Waals surface area contributed by atoms with E-state index in [4.69, 9.17) is 0 Å². The van der Waals surface area contributed by atoms with E-state index in [9.17, 15) is 5.11 Å². The minimum Gasteiger partial charge on any atom is -0.388 e. The topological polar surface area (TPSA) is 35.5 Å². The van der Waals surface area contributed by atoms with E-state index in [1.165, 1.54) is 0 Å². The molecule has 0 aliphatic carbocycles. The molecule has 1 fully saturated rings. The van der Waals surface area contributed by atoms with Crippen LogP contribution in [0.25, 0.3) is 0 Å². The van der Waals surface area contributed by atoms with Crippen molar-refractivity contribution in [3.05, 3.63) is 0 Å². The summed E-state index contributed by atoms with van der Waals surface area (Å²) in [5.41, 5.74) is -0.450. The summed E-state index contributed by atoms with van der Waals surface area (Å²) in [5, 5.41) is 13.5. The van der Waals surface area contributed by atoms with Crippen molar-refractivity contribution >= 4 is 0 Å². The van der Waals surface area contributed by atoms with E-state index in [-0.39, 0.29) is 0 Å². The second-order valence-electron chi connectivity index (χ2n) is 5.06. The molecule has 0 aromatic rings. The minimum absolute atomic E-state index is 0.450. The second kappa shape index (κ2) is 5.10. The molecule has 3 heteroatoms. The van der Waals surface area contributed by atoms with Crippen LogP contribution in [0.2, 0.25) is 0 Å². The fraction of sp³-hybridized carbons (Fsp3) is 1.00. The Morgan fingerprint density at radius 2 is 1.93 bits per heavy atom. The van der Waals surface area contributed by atoms with Gasteiger partial charge in [0.25, 0.3) is 0 Å². The van der Waals surface area contributed by atoms with Crippen LogP contribution in [0.4, 0.5) is 0 Å². The molecule has 0 atom stereocenters. The Hall–Kier alpha value is -0.120. The number of likely N-dealkylation sites (N-methyl/N-ethyl adjacent to an activating group) is 1. The van der Waals surface area contributed by atoms with Crippen molar-refractivity contribution in [3.8, 4) is 0 Å². The van der Waals surface area contributed by atoms with Crippen molar-refractivity contribution in [3.63, 3.8) is 0 Å². The van der Waals surface area contributed by atoms with Crippen LogP contribution in [0.15, 0.2) is 0 Å². The number of nitrogens with one attached hydrogen (secondary N) is 1. The lowest BCUT2D eigenvalue weighted by atomic mass is 9.92. The van der Waals surface area contributed by atoms with Gasteiger partial charge in [-0.3, -0.25) is 0 Å². The van der Waals surface area contributed by atoms with Crippen molar-refractivity contribution in [1.82, 2.24) is 10.2 Å². The zero-order valence-electron chi connectivity index (χ0n) is 9.71. The Morgan fingerprint density at radius 1 is 1.36 bits per heavy atom. The zero-order valence-corrected chi connectivity index (χ0v) is 9.71. The first-order valence-corrected chi connectivity index (χ1v) is 5.63. The maximum absolute atomic E-state index is 10.3. The molecule has 84 valence electrons. The molecule has 0 radical (unpaired) electrons. The van der Waals surface area contributed by atoms with Crippen LogP contribution in [0.1, 0.15) is 26.7 Å². The van der Waals surface area contributed by atoms with Crippen LogP contribution in [-0.2, 0) is 0 Å². The average Bonchev–Trinajstić information content (AvgIpc) is 2.02. The van der Waals surface area contributed by atoms with Gasteiger partial charge in [0.15, 0.2) is 0 Å². The molecule has 1 aliphatic heterocycles. The highest BCUT2D eigenvalue weighted by Gasteiger charge is 2.30. The first kappa shape index (κ1) is 12.0. The predicted octanol–water partition coefficient (Wildman–Crippen LogP) is 0.689. The lowest BCUT2D eigenvalue weighted by molar-refractivity contribution is -0.0170. The lowest BCUT2D eigenvalue weighted by Gasteiger charge is -2.36. The monoisotopic (exact) mass is 200 g/mol. The molecule has 3 nitrogen and oxygen atoms in total. The van der Waals surface area contributed by atoms with Gasteiger partial charge in [0.1, 0.15) is 0 Å². The SMILES string of the molecule is CC(C)CN(C)CC1(O)CCNCC1. The number of nitrogens with zero attached hydrogens (tertiary/aromatic N) is 1. The fourth-order valence-electron chi connectivity index (χ4n) is 2.24. The van der Waals surface area contributed by atoms with Crippen LogP contribution in [0.3, 0.4) is 0 Å². The minimum atomic E-state index is -0.450. The van der Waals surface area contributed by atoms with Gasteiger partial charge in [0.05, 0.1) is 5.60 Å². The molecule has 1 aliphatic rings. The van der Waals surface area contributed by atoms with Crippen molar-refractivity contribution in [1.29, 1.82) is 0 Å². The summed E-state index contributed by atoms with van der Waals surface area (Å²) >= 11 is 0.